The SMILES string of the molecule is COCCCn1cc(-c2cc(C(=O)NCc3cncc(C(=O)O)c3)ccc2C)nn1. The Bertz CT molecular complexity index is 1050. The van der Waals surface area contributed by atoms with Crippen molar-refractivity contribution in [2.75, 3.05) is 13.7 Å². The lowest BCUT2D eigenvalue weighted by atomic mass is 10.0. The van der Waals surface area contributed by atoms with Crippen LogP contribution in [-0.4, -0.2) is 50.7 Å². The number of carboxylic acids is 1. The molecule has 2 N–H and O–H groups in total. The van der Waals surface area contributed by atoms with Gasteiger partial charge in [0.1, 0.15) is 5.69 Å². The molecule has 0 spiro atoms. The molecule has 0 aliphatic heterocycles. The molecule has 0 aliphatic rings. The fraction of sp³-hybridized carbons (Fsp3) is 0.286. The number of nitrogens with zero attached hydrogens (tertiary/aromatic N) is 4. The first-order chi connectivity index (χ1) is 14.5. The summed E-state index contributed by atoms with van der Waals surface area (Å²) < 4.78 is 6.80. The summed E-state index contributed by atoms with van der Waals surface area (Å²) in [5, 5.41) is 20.2. The minimum atomic E-state index is -1.06. The molecule has 0 bridgehead atoms. The Morgan fingerprint density at radius 3 is 2.80 bits per heavy atom. The van der Waals surface area contributed by atoms with Gasteiger partial charge in [-0.3, -0.25) is 14.5 Å². The summed E-state index contributed by atoms with van der Waals surface area (Å²) in [6, 6.07) is 6.86. The van der Waals surface area contributed by atoms with E-state index < -0.39 is 5.97 Å². The van der Waals surface area contributed by atoms with E-state index in [9.17, 15) is 9.59 Å². The summed E-state index contributed by atoms with van der Waals surface area (Å²) >= 11 is 0. The van der Waals surface area contributed by atoms with Crippen LogP contribution in [0.4, 0.5) is 0 Å². The van der Waals surface area contributed by atoms with Crippen molar-refractivity contribution in [3.63, 3.8) is 0 Å². The van der Waals surface area contributed by atoms with Gasteiger partial charge in [-0.1, -0.05) is 11.3 Å². The lowest BCUT2D eigenvalue weighted by molar-refractivity contribution is 0.0696. The number of benzene rings is 1. The van der Waals surface area contributed by atoms with Gasteiger partial charge < -0.3 is 15.2 Å². The molecule has 156 valence electrons. The van der Waals surface area contributed by atoms with Crippen molar-refractivity contribution in [1.82, 2.24) is 25.3 Å². The molecule has 1 aromatic carbocycles. The van der Waals surface area contributed by atoms with Crippen LogP contribution in [0.3, 0.4) is 0 Å². The number of methoxy groups -OCH3 is 1. The Labute approximate surface area is 173 Å². The fourth-order valence-electron chi connectivity index (χ4n) is 2.93. The van der Waals surface area contributed by atoms with Gasteiger partial charge in [-0.15, -0.1) is 5.10 Å². The number of nitrogens with one attached hydrogen (secondary N) is 1. The molecule has 0 unspecified atom stereocenters. The zero-order valence-corrected chi connectivity index (χ0v) is 16.8. The van der Waals surface area contributed by atoms with E-state index in [1.165, 1.54) is 18.5 Å². The Hall–Kier alpha value is -3.59. The summed E-state index contributed by atoms with van der Waals surface area (Å²) in [5.74, 6) is -1.33. The van der Waals surface area contributed by atoms with Gasteiger partial charge in [-0.25, -0.2) is 4.79 Å². The molecule has 0 radical (unpaired) electrons. The number of carboxylic acid groups (broad SMARTS) is 1. The van der Waals surface area contributed by atoms with Crippen molar-refractivity contribution in [2.45, 2.75) is 26.4 Å². The van der Waals surface area contributed by atoms with Crippen LogP contribution in [0.5, 0.6) is 0 Å². The predicted octanol–water partition coefficient (Wildman–Crippen LogP) is 2.31. The van der Waals surface area contributed by atoms with Crippen LogP contribution in [0.15, 0.2) is 42.9 Å². The van der Waals surface area contributed by atoms with Crippen LogP contribution in [-0.2, 0) is 17.8 Å². The molecule has 0 fully saturated rings. The first-order valence-corrected chi connectivity index (χ1v) is 9.43. The molecule has 2 aromatic heterocycles. The smallest absolute Gasteiger partial charge is 0.337 e. The average molecular weight is 409 g/mol. The predicted molar refractivity (Wildman–Crippen MR) is 109 cm³/mol. The molecular formula is C21H23N5O4. The number of aromatic nitrogens is 4. The van der Waals surface area contributed by atoms with Gasteiger partial charge in [0.25, 0.3) is 5.91 Å². The quantitative estimate of drug-likeness (QED) is 0.521. The second kappa shape index (κ2) is 9.75. The van der Waals surface area contributed by atoms with Crippen molar-refractivity contribution in [3.8, 4) is 11.3 Å². The monoisotopic (exact) mass is 409 g/mol. The molecule has 2 heterocycles. The number of aromatic carboxylic acids is 1. The Morgan fingerprint density at radius 1 is 1.20 bits per heavy atom. The third-order valence-corrected chi connectivity index (χ3v) is 4.54. The van der Waals surface area contributed by atoms with E-state index in [4.69, 9.17) is 9.84 Å². The number of carbonyl (C=O) groups excluding carboxylic acids is 1. The third-order valence-electron chi connectivity index (χ3n) is 4.54. The van der Waals surface area contributed by atoms with E-state index in [0.717, 1.165) is 17.5 Å². The minimum Gasteiger partial charge on any atom is -0.478 e. The molecule has 3 rings (SSSR count). The molecule has 3 aromatic rings. The van der Waals surface area contributed by atoms with Crippen LogP contribution in [0.2, 0.25) is 0 Å². The molecule has 1 amide bonds. The van der Waals surface area contributed by atoms with Gasteiger partial charge in [0.05, 0.1) is 11.8 Å². The number of amides is 1. The maximum atomic E-state index is 12.6. The number of rotatable bonds is 9. The van der Waals surface area contributed by atoms with Gasteiger partial charge in [-0.2, -0.15) is 0 Å². The van der Waals surface area contributed by atoms with Crippen molar-refractivity contribution >= 4 is 11.9 Å². The molecule has 9 nitrogen and oxygen atoms in total. The Balaban J connectivity index is 1.70. The molecule has 0 saturated heterocycles. The van der Waals surface area contributed by atoms with Gasteiger partial charge in [-0.05, 0) is 42.7 Å². The lowest BCUT2D eigenvalue weighted by Crippen LogP contribution is -2.23. The summed E-state index contributed by atoms with van der Waals surface area (Å²) in [6.07, 6.45) is 5.47. The highest BCUT2D eigenvalue weighted by atomic mass is 16.5. The number of hydrogen-bond donors (Lipinski definition) is 2. The summed E-state index contributed by atoms with van der Waals surface area (Å²) in [7, 11) is 1.66. The van der Waals surface area contributed by atoms with Crippen molar-refractivity contribution < 1.29 is 19.4 Å². The fourth-order valence-corrected chi connectivity index (χ4v) is 2.93. The van der Waals surface area contributed by atoms with E-state index in [1.54, 1.807) is 23.9 Å². The van der Waals surface area contributed by atoms with Crippen LogP contribution in [0.25, 0.3) is 11.3 Å². The summed E-state index contributed by atoms with van der Waals surface area (Å²) in [4.78, 5) is 27.5. The molecule has 0 saturated carbocycles. The highest BCUT2D eigenvalue weighted by molar-refractivity contribution is 5.95. The van der Waals surface area contributed by atoms with Gasteiger partial charge in [0.2, 0.25) is 0 Å². The van der Waals surface area contributed by atoms with E-state index in [1.807, 2.05) is 19.2 Å². The highest BCUT2D eigenvalue weighted by Crippen LogP contribution is 2.22. The number of aryl methyl sites for hydroxylation is 2. The Kier molecular flexibility index (Phi) is 6.87. The van der Waals surface area contributed by atoms with Crippen molar-refractivity contribution in [1.29, 1.82) is 0 Å². The highest BCUT2D eigenvalue weighted by Gasteiger charge is 2.13. The molecule has 9 heteroatoms. The number of pyridine rings is 1. The average Bonchev–Trinajstić information content (AvgIpc) is 3.21. The zero-order valence-electron chi connectivity index (χ0n) is 16.8. The van der Waals surface area contributed by atoms with Crippen molar-refractivity contribution in [3.05, 3.63) is 65.1 Å². The maximum absolute atomic E-state index is 12.6. The second-order valence-electron chi connectivity index (χ2n) is 6.81. The number of hydrogen-bond acceptors (Lipinski definition) is 6. The van der Waals surface area contributed by atoms with Crippen LogP contribution >= 0.6 is 0 Å². The van der Waals surface area contributed by atoms with Crippen LogP contribution in [0.1, 0.15) is 38.3 Å². The molecular weight excluding hydrogens is 386 g/mol. The van der Waals surface area contributed by atoms with Crippen LogP contribution < -0.4 is 5.32 Å². The standard InChI is InChI=1S/C21H23N5O4/c1-14-4-5-16(9-18(14)19-13-26(25-24-19)6-3-7-30-2)20(27)23-11-15-8-17(21(28)29)12-22-10-15/h4-5,8-10,12-13H,3,6-7,11H2,1-2H3,(H,23,27)(H,28,29). The van der Waals surface area contributed by atoms with E-state index in [2.05, 4.69) is 20.6 Å². The first kappa shape index (κ1) is 21.1. The van der Waals surface area contributed by atoms with Gasteiger partial charge in [0, 0.05) is 50.3 Å². The van der Waals surface area contributed by atoms with E-state index >= 15 is 0 Å². The van der Waals surface area contributed by atoms with E-state index in [-0.39, 0.29) is 18.0 Å². The maximum Gasteiger partial charge on any atom is 0.337 e. The summed E-state index contributed by atoms with van der Waals surface area (Å²) in [5.41, 5.74) is 3.66. The van der Waals surface area contributed by atoms with Gasteiger partial charge >= 0.3 is 5.97 Å². The van der Waals surface area contributed by atoms with Crippen molar-refractivity contribution in [2.24, 2.45) is 0 Å². The van der Waals surface area contributed by atoms with Crippen LogP contribution in [0, 0.1) is 6.92 Å². The topological polar surface area (TPSA) is 119 Å². The molecule has 30 heavy (non-hydrogen) atoms. The van der Waals surface area contributed by atoms with Gasteiger partial charge in [0.15, 0.2) is 0 Å². The largest absolute Gasteiger partial charge is 0.478 e. The number of carbonyl (C=O) groups is 2. The number of ether oxygens (including phenoxy) is 1. The molecule has 0 atom stereocenters. The minimum absolute atomic E-state index is 0.0768. The third kappa shape index (κ3) is 5.26. The normalized spacial score (nSPS) is 10.7. The summed E-state index contributed by atoms with van der Waals surface area (Å²) in [6.45, 7) is 3.47. The second-order valence-corrected chi connectivity index (χ2v) is 6.81. The Morgan fingerprint density at radius 2 is 2.03 bits per heavy atom. The zero-order chi connectivity index (χ0) is 21.5. The first-order valence-electron chi connectivity index (χ1n) is 9.43. The lowest BCUT2D eigenvalue weighted by Gasteiger charge is -2.08. The molecule has 0 aliphatic carbocycles. The van der Waals surface area contributed by atoms with E-state index in [0.29, 0.717) is 30.0 Å².